The largest absolute Gasteiger partial charge is 0.464 e. The van der Waals surface area contributed by atoms with Crippen LogP contribution in [-0.4, -0.2) is 4.93 Å². The van der Waals surface area contributed by atoms with Gasteiger partial charge in [-0.2, -0.15) is 0 Å². The lowest BCUT2D eigenvalue weighted by Crippen LogP contribution is -2.18. The summed E-state index contributed by atoms with van der Waals surface area (Å²) < 4.78 is 4.89. The summed E-state index contributed by atoms with van der Waals surface area (Å²) in [4.78, 5) is -0.508. The van der Waals surface area contributed by atoms with Gasteiger partial charge in [-0.25, -0.2) is 0 Å². The fraction of sp³-hybridized carbons (Fsp3) is 0.600. The topological polar surface area (TPSA) is 35.2 Å². The van der Waals surface area contributed by atoms with Crippen LogP contribution in [0.25, 0.3) is 0 Å². The zero-order valence-electron chi connectivity index (χ0n) is 5.14. The van der Waals surface area contributed by atoms with Crippen molar-refractivity contribution in [1.29, 1.82) is 0 Å². The van der Waals surface area contributed by atoms with Gasteiger partial charge in [-0.05, 0) is 20.4 Å². The molecule has 8 heavy (non-hydrogen) atoms. The summed E-state index contributed by atoms with van der Waals surface area (Å²) >= 11 is 4.03. The molecule has 0 heterocycles. The molecule has 0 aliphatic carbocycles. The highest BCUT2D eigenvalue weighted by molar-refractivity contribution is 7.81. The minimum absolute atomic E-state index is 0.199. The molecular weight excluding hydrogens is 122 g/mol. The van der Waals surface area contributed by atoms with E-state index < -0.39 is 4.93 Å². The van der Waals surface area contributed by atoms with E-state index in [-0.39, 0.29) is 5.88 Å². The van der Waals surface area contributed by atoms with E-state index >= 15 is 0 Å². The zero-order chi connectivity index (χ0) is 6.78. The Morgan fingerprint density at radius 3 is 2.12 bits per heavy atom. The fourth-order valence-electron chi connectivity index (χ4n) is 0.321. The maximum absolute atomic E-state index is 5.11. The highest BCUT2D eigenvalue weighted by Gasteiger charge is 2.10. The van der Waals surface area contributed by atoms with E-state index in [0.717, 1.165) is 0 Å². The number of ether oxygens (including phenoxy) is 1. The Morgan fingerprint density at radius 2 is 2.12 bits per heavy atom. The smallest absolute Gasteiger partial charge is 0.178 e. The predicted octanol–water partition coefficient (Wildman–Crippen LogP) is 1.10. The van der Waals surface area contributed by atoms with E-state index in [2.05, 4.69) is 19.2 Å². The average molecular weight is 133 g/mol. The third-order valence-corrected chi connectivity index (χ3v) is 0.472. The maximum Gasteiger partial charge on any atom is 0.178 e. The molecule has 0 bridgehead atoms. The number of rotatable bonds is 2. The second-order valence-corrected chi connectivity index (χ2v) is 3.09. The SMILES string of the molecule is C=C(N)OC(C)(C)S. The second-order valence-electron chi connectivity index (χ2n) is 2.02. The lowest BCUT2D eigenvalue weighted by Gasteiger charge is -2.18. The van der Waals surface area contributed by atoms with Gasteiger partial charge < -0.3 is 10.5 Å². The van der Waals surface area contributed by atoms with Crippen LogP contribution in [-0.2, 0) is 4.74 Å². The molecule has 48 valence electrons. The molecule has 0 atom stereocenters. The molecule has 0 aromatic rings. The maximum atomic E-state index is 5.11. The number of nitrogens with two attached hydrogens (primary N) is 1. The van der Waals surface area contributed by atoms with Crippen molar-refractivity contribution >= 4 is 12.6 Å². The highest BCUT2D eigenvalue weighted by atomic mass is 32.1. The molecule has 3 heteroatoms. The van der Waals surface area contributed by atoms with Crippen LogP contribution in [0.4, 0.5) is 0 Å². The number of thiol groups is 1. The first-order chi connectivity index (χ1) is 3.42. The highest BCUT2D eigenvalue weighted by Crippen LogP contribution is 2.14. The van der Waals surface area contributed by atoms with E-state index in [9.17, 15) is 0 Å². The van der Waals surface area contributed by atoms with E-state index in [0.29, 0.717) is 0 Å². The summed E-state index contributed by atoms with van der Waals surface area (Å²) in [7, 11) is 0. The van der Waals surface area contributed by atoms with E-state index in [1.807, 2.05) is 0 Å². The number of hydrogen-bond donors (Lipinski definition) is 2. The normalized spacial score (nSPS) is 10.9. The van der Waals surface area contributed by atoms with Gasteiger partial charge in [0.2, 0.25) is 0 Å². The van der Waals surface area contributed by atoms with Crippen molar-refractivity contribution in [2.45, 2.75) is 18.8 Å². The van der Waals surface area contributed by atoms with Crippen molar-refractivity contribution in [2.75, 3.05) is 0 Å². The minimum Gasteiger partial charge on any atom is -0.464 e. The van der Waals surface area contributed by atoms with E-state index in [1.165, 1.54) is 0 Å². The second kappa shape index (κ2) is 2.31. The van der Waals surface area contributed by atoms with Crippen molar-refractivity contribution in [3.8, 4) is 0 Å². The quantitative estimate of drug-likeness (QED) is 0.336. The van der Waals surface area contributed by atoms with Gasteiger partial charge in [-0.3, -0.25) is 0 Å². The molecular formula is C5H11NOS. The Balaban J connectivity index is 3.55. The van der Waals surface area contributed by atoms with Crippen LogP contribution in [0.5, 0.6) is 0 Å². The fourth-order valence-corrected chi connectivity index (χ4v) is 0.438. The summed E-state index contributed by atoms with van der Waals surface area (Å²) in [6.07, 6.45) is 0. The molecule has 0 unspecified atom stereocenters. The van der Waals surface area contributed by atoms with Crippen LogP contribution in [0.2, 0.25) is 0 Å². The molecule has 0 aromatic heterocycles. The molecule has 0 aliphatic heterocycles. The molecule has 0 aromatic carbocycles. The van der Waals surface area contributed by atoms with Crippen molar-refractivity contribution in [1.82, 2.24) is 0 Å². The number of hydrogen-bond acceptors (Lipinski definition) is 3. The monoisotopic (exact) mass is 133 g/mol. The lowest BCUT2D eigenvalue weighted by molar-refractivity contribution is 0.118. The van der Waals surface area contributed by atoms with E-state index in [1.54, 1.807) is 13.8 Å². The van der Waals surface area contributed by atoms with Crippen LogP contribution < -0.4 is 5.73 Å². The van der Waals surface area contributed by atoms with Crippen LogP contribution in [0.1, 0.15) is 13.8 Å². The van der Waals surface area contributed by atoms with Gasteiger partial charge in [-0.1, -0.05) is 0 Å². The van der Waals surface area contributed by atoms with Gasteiger partial charge in [0.25, 0.3) is 0 Å². The Morgan fingerprint density at radius 1 is 1.75 bits per heavy atom. The van der Waals surface area contributed by atoms with Gasteiger partial charge >= 0.3 is 0 Å². The summed E-state index contributed by atoms with van der Waals surface area (Å²) in [5, 5.41) is 0. The van der Waals surface area contributed by atoms with Crippen molar-refractivity contribution in [2.24, 2.45) is 5.73 Å². The molecule has 0 spiro atoms. The van der Waals surface area contributed by atoms with Crippen LogP contribution in [0.15, 0.2) is 12.5 Å². The van der Waals surface area contributed by atoms with Gasteiger partial charge in [0, 0.05) is 0 Å². The summed E-state index contributed by atoms with van der Waals surface area (Å²) in [6.45, 7) is 6.92. The zero-order valence-corrected chi connectivity index (χ0v) is 6.03. The first kappa shape index (κ1) is 7.69. The van der Waals surface area contributed by atoms with Crippen molar-refractivity contribution in [3.05, 3.63) is 12.5 Å². The van der Waals surface area contributed by atoms with Crippen LogP contribution in [0.3, 0.4) is 0 Å². The Bertz CT molecular complexity index is 95.1. The Hall–Kier alpha value is -0.310. The lowest BCUT2D eigenvalue weighted by atomic mass is 10.5. The summed E-state index contributed by atoms with van der Waals surface area (Å²) in [6, 6.07) is 0. The summed E-state index contributed by atoms with van der Waals surface area (Å²) in [5.41, 5.74) is 5.11. The molecule has 0 amide bonds. The molecule has 0 radical (unpaired) electrons. The molecule has 0 fully saturated rings. The average Bonchev–Trinajstić information content (AvgIpc) is 1.21. The molecule has 2 N–H and O–H groups in total. The summed E-state index contributed by atoms with van der Waals surface area (Å²) in [5.74, 6) is 0.199. The first-order valence-corrected chi connectivity index (χ1v) is 2.72. The molecule has 0 saturated carbocycles. The molecule has 2 nitrogen and oxygen atoms in total. The van der Waals surface area contributed by atoms with Gasteiger partial charge in [0.05, 0.1) is 0 Å². The minimum atomic E-state index is -0.508. The third-order valence-electron chi connectivity index (χ3n) is 0.381. The third kappa shape index (κ3) is 5.69. The first-order valence-electron chi connectivity index (χ1n) is 2.27. The van der Waals surface area contributed by atoms with Gasteiger partial charge in [-0.15, -0.1) is 12.6 Å². The van der Waals surface area contributed by atoms with Crippen molar-refractivity contribution in [3.63, 3.8) is 0 Å². The predicted molar refractivity (Wildman–Crippen MR) is 37.5 cm³/mol. The molecule has 0 rings (SSSR count). The van der Waals surface area contributed by atoms with Crippen LogP contribution in [0, 0.1) is 0 Å². The molecule has 0 saturated heterocycles. The van der Waals surface area contributed by atoms with Gasteiger partial charge in [0.15, 0.2) is 5.88 Å². The molecule has 0 aliphatic rings. The van der Waals surface area contributed by atoms with Gasteiger partial charge in [0.1, 0.15) is 4.93 Å². The van der Waals surface area contributed by atoms with Crippen molar-refractivity contribution < 1.29 is 4.74 Å². The Kier molecular flexibility index (Phi) is 2.22. The van der Waals surface area contributed by atoms with E-state index in [4.69, 9.17) is 10.5 Å². The Labute approximate surface area is 55.1 Å². The van der Waals surface area contributed by atoms with Crippen LogP contribution >= 0.6 is 12.6 Å². The standard InChI is InChI=1S/C5H11NOS/c1-4(6)7-5(2,3)8/h8H,1,6H2,2-3H3.